The van der Waals surface area contributed by atoms with Crippen LogP contribution >= 0.6 is 0 Å². The number of nitrogens with zero attached hydrogens (tertiary/aromatic N) is 4. The number of nitrogens with one attached hydrogen (secondary N) is 2. The summed E-state index contributed by atoms with van der Waals surface area (Å²) in [7, 11) is 1.55. The van der Waals surface area contributed by atoms with Gasteiger partial charge in [0.2, 0.25) is 0 Å². The number of methoxy groups -OCH3 is 1. The molecule has 38 heavy (non-hydrogen) atoms. The normalized spacial score (nSPS) is 22.1. The van der Waals surface area contributed by atoms with Gasteiger partial charge in [-0.2, -0.15) is 10.2 Å². The van der Waals surface area contributed by atoms with Crippen molar-refractivity contribution in [3.8, 4) is 28.5 Å². The molecule has 1 aliphatic carbocycles. The van der Waals surface area contributed by atoms with Crippen molar-refractivity contribution in [2.75, 3.05) is 23.9 Å². The number of carbonyl (C=O) groups is 2. The van der Waals surface area contributed by atoms with E-state index in [4.69, 9.17) is 14.2 Å². The zero-order valence-corrected chi connectivity index (χ0v) is 20.6. The smallest absolute Gasteiger partial charge is 0.416 e. The molecule has 2 amide bonds. The predicted molar refractivity (Wildman–Crippen MR) is 135 cm³/mol. The molecule has 12 heteroatoms. The first-order valence-electron chi connectivity index (χ1n) is 12.3. The van der Waals surface area contributed by atoms with Crippen LogP contribution in [0.2, 0.25) is 0 Å². The van der Waals surface area contributed by atoms with Crippen LogP contribution in [-0.2, 0) is 16.1 Å². The van der Waals surface area contributed by atoms with Crippen molar-refractivity contribution in [2.45, 2.75) is 44.0 Å². The van der Waals surface area contributed by atoms with Crippen molar-refractivity contribution in [2.24, 2.45) is 0 Å². The zero-order valence-electron chi connectivity index (χ0n) is 20.6. The number of pyridine rings is 1. The number of hydrogen-bond acceptors (Lipinski definition) is 10. The largest absolute Gasteiger partial charge is 0.507 e. The third-order valence-electron chi connectivity index (χ3n) is 7.09. The second-order valence-electron chi connectivity index (χ2n) is 9.40. The van der Waals surface area contributed by atoms with Gasteiger partial charge in [-0.05, 0) is 31.0 Å². The Hall–Kier alpha value is -4.45. The maximum absolute atomic E-state index is 12.8. The number of phenolic OH excluding ortho intramolecular Hbond substituents is 1. The highest BCUT2D eigenvalue weighted by molar-refractivity contribution is 5.95. The molecule has 1 saturated carbocycles. The number of fused-ring (bicyclic) bond motifs is 2. The molecule has 0 spiro atoms. The lowest BCUT2D eigenvalue weighted by Gasteiger charge is -2.33. The summed E-state index contributed by atoms with van der Waals surface area (Å²) < 4.78 is 16.3. The van der Waals surface area contributed by atoms with Crippen LogP contribution < -0.4 is 25.0 Å². The van der Waals surface area contributed by atoms with E-state index in [1.807, 2.05) is 12.1 Å². The van der Waals surface area contributed by atoms with Gasteiger partial charge in [-0.25, -0.2) is 9.78 Å². The number of ether oxygens (including phenoxy) is 3. The van der Waals surface area contributed by atoms with E-state index in [0.717, 1.165) is 12.0 Å². The fourth-order valence-electron chi connectivity index (χ4n) is 5.18. The highest BCUT2D eigenvalue weighted by Crippen LogP contribution is 2.38. The molecule has 3 atom stereocenters. The number of rotatable bonds is 6. The zero-order chi connectivity index (χ0) is 26.2. The highest BCUT2D eigenvalue weighted by atomic mass is 16.6. The fraction of sp³-hybridized carbons (Fsp3) is 0.346. The molecule has 1 saturated heterocycles. The first-order valence-corrected chi connectivity index (χ1v) is 12.3. The number of aromatic hydroxyl groups is 1. The van der Waals surface area contributed by atoms with Crippen molar-refractivity contribution < 1.29 is 28.9 Å². The van der Waals surface area contributed by atoms with Crippen molar-refractivity contribution in [1.82, 2.24) is 20.5 Å². The quantitative estimate of drug-likeness (QED) is 0.445. The van der Waals surface area contributed by atoms with Crippen molar-refractivity contribution in [1.29, 1.82) is 0 Å². The van der Waals surface area contributed by atoms with Gasteiger partial charge in [0, 0.05) is 36.2 Å². The molecule has 196 valence electrons. The highest BCUT2D eigenvalue weighted by Gasteiger charge is 2.46. The Kier molecular flexibility index (Phi) is 6.16. The van der Waals surface area contributed by atoms with E-state index in [1.54, 1.807) is 36.3 Å². The number of hydrogen-bond donors (Lipinski definition) is 3. The van der Waals surface area contributed by atoms with Crippen LogP contribution in [-0.4, -0.2) is 64.2 Å². The van der Waals surface area contributed by atoms with Gasteiger partial charge in [0.05, 0.1) is 19.3 Å². The lowest BCUT2D eigenvalue weighted by molar-refractivity contribution is -0.118. The summed E-state index contributed by atoms with van der Waals surface area (Å²) in [5.74, 6) is 1.58. The molecule has 1 aromatic carbocycles. The molecule has 0 unspecified atom stereocenters. The van der Waals surface area contributed by atoms with Crippen LogP contribution in [0.15, 0.2) is 42.6 Å². The molecule has 2 fully saturated rings. The Morgan fingerprint density at radius 1 is 1.24 bits per heavy atom. The number of phenols is 1. The Balaban J connectivity index is 1.12. The van der Waals surface area contributed by atoms with Gasteiger partial charge in [-0.1, -0.05) is 12.1 Å². The summed E-state index contributed by atoms with van der Waals surface area (Å²) >= 11 is 0. The van der Waals surface area contributed by atoms with Crippen LogP contribution in [0.1, 0.15) is 24.8 Å². The molecular formula is C26H26N6O6. The van der Waals surface area contributed by atoms with Crippen molar-refractivity contribution >= 4 is 23.6 Å². The van der Waals surface area contributed by atoms with Gasteiger partial charge >= 0.3 is 6.09 Å². The van der Waals surface area contributed by atoms with Crippen molar-refractivity contribution in [3.05, 3.63) is 48.2 Å². The summed E-state index contributed by atoms with van der Waals surface area (Å²) in [5.41, 5.74) is 1.81. The average Bonchev–Trinajstić information content (AvgIpc) is 3.26. The minimum Gasteiger partial charge on any atom is -0.507 e. The Morgan fingerprint density at radius 2 is 2.13 bits per heavy atom. The summed E-state index contributed by atoms with van der Waals surface area (Å²) in [5, 5.41) is 25.1. The van der Waals surface area contributed by atoms with E-state index in [0.29, 0.717) is 53.8 Å². The monoisotopic (exact) mass is 518 g/mol. The minimum atomic E-state index is -0.458. The molecule has 12 nitrogen and oxygen atoms in total. The number of benzene rings is 1. The Labute approximate surface area is 217 Å². The van der Waals surface area contributed by atoms with E-state index < -0.39 is 6.09 Å². The van der Waals surface area contributed by atoms with Gasteiger partial charge in [0.15, 0.2) is 18.2 Å². The molecule has 2 aromatic heterocycles. The first kappa shape index (κ1) is 23.9. The molecule has 2 aliphatic heterocycles. The molecular weight excluding hydrogens is 492 g/mol. The van der Waals surface area contributed by atoms with Crippen LogP contribution in [0.25, 0.3) is 11.3 Å². The minimum absolute atomic E-state index is 0.0595. The maximum Gasteiger partial charge on any atom is 0.416 e. The molecule has 3 aromatic rings. The van der Waals surface area contributed by atoms with Gasteiger partial charge in [0.1, 0.15) is 29.1 Å². The molecule has 4 heterocycles. The lowest BCUT2D eigenvalue weighted by Crippen LogP contribution is -2.46. The number of amides is 2. The van der Waals surface area contributed by atoms with Crippen LogP contribution in [0.4, 0.5) is 16.4 Å². The Morgan fingerprint density at radius 3 is 3.00 bits per heavy atom. The summed E-state index contributed by atoms with van der Waals surface area (Å²) in [6, 6.07) is 10.6. The average molecular weight is 519 g/mol. The molecule has 6 rings (SSSR count). The SMILES string of the molecule is COc1cnnc(-c2cccc(CN[C@@H]3CC[C@@H]4[C@@H](C3)OC(=O)N4c3ccc4c(n3)NC(=O)CO4)c2O)c1. The van der Waals surface area contributed by atoms with E-state index in [1.165, 1.54) is 6.20 Å². The van der Waals surface area contributed by atoms with Crippen molar-refractivity contribution in [3.63, 3.8) is 0 Å². The topological polar surface area (TPSA) is 148 Å². The second-order valence-corrected chi connectivity index (χ2v) is 9.40. The van der Waals surface area contributed by atoms with Crippen LogP contribution in [0.3, 0.4) is 0 Å². The van der Waals surface area contributed by atoms with Gasteiger partial charge in [-0.3, -0.25) is 9.69 Å². The maximum atomic E-state index is 12.8. The third-order valence-corrected chi connectivity index (χ3v) is 7.09. The van der Waals surface area contributed by atoms with Crippen LogP contribution in [0, 0.1) is 0 Å². The standard InChI is InChI=1S/C26H26N6O6/c1-36-16-10-18(31-28-12-16)17-4-2-3-14(24(17)34)11-27-15-5-6-19-21(9-15)38-26(35)32(19)22-8-7-20-25(29-22)30-23(33)13-37-20/h2-4,7-8,10,12,15,19,21,27,34H,5-6,9,11,13H2,1H3,(H,29,30,33)/t15-,19-,21-/m1/s1. The van der Waals surface area contributed by atoms with E-state index in [2.05, 4.69) is 25.8 Å². The third kappa shape index (κ3) is 4.43. The van der Waals surface area contributed by atoms with Crippen LogP contribution in [0.5, 0.6) is 17.2 Å². The fourth-order valence-corrected chi connectivity index (χ4v) is 5.18. The number of para-hydroxylation sites is 1. The lowest BCUT2D eigenvalue weighted by atomic mass is 9.88. The summed E-state index contributed by atoms with van der Waals surface area (Å²) in [6.07, 6.45) is 2.89. The molecule has 3 N–H and O–H groups in total. The number of anilines is 2. The Bertz CT molecular complexity index is 1400. The number of carbonyl (C=O) groups excluding carboxylic acids is 2. The molecule has 0 radical (unpaired) electrons. The summed E-state index contributed by atoms with van der Waals surface area (Å²) in [6.45, 7) is 0.374. The second kappa shape index (κ2) is 9.78. The first-order chi connectivity index (χ1) is 18.5. The van der Waals surface area contributed by atoms with E-state index in [-0.39, 0.29) is 36.5 Å². The molecule has 0 bridgehead atoms. The van der Waals surface area contributed by atoms with E-state index >= 15 is 0 Å². The molecule has 3 aliphatic rings. The van der Waals surface area contributed by atoms with E-state index in [9.17, 15) is 14.7 Å². The van der Waals surface area contributed by atoms with Gasteiger partial charge in [0.25, 0.3) is 5.91 Å². The van der Waals surface area contributed by atoms with Gasteiger partial charge < -0.3 is 30.0 Å². The number of aromatic nitrogens is 3. The van der Waals surface area contributed by atoms with Gasteiger partial charge in [-0.15, -0.1) is 0 Å². The predicted octanol–water partition coefficient (Wildman–Crippen LogP) is 2.62. The summed E-state index contributed by atoms with van der Waals surface area (Å²) in [4.78, 5) is 30.5.